The first-order valence-corrected chi connectivity index (χ1v) is 9.42. The van der Waals surface area contributed by atoms with E-state index in [4.69, 9.17) is 13.9 Å². The maximum Gasteiger partial charge on any atom is 0.344 e. The van der Waals surface area contributed by atoms with Crippen molar-refractivity contribution < 1.29 is 23.5 Å². The monoisotopic (exact) mass is 412 g/mol. The molecule has 0 fully saturated rings. The second-order valence-corrected chi connectivity index (χ2v) is 7.10. The van der Waals surface area contributed by atoms with Crippen LogP contribution in [0, 0.1) is 25.2 Å². The van der Waals surface area contributed by atoms with Gasteiger partial charge in [0.2, 0.25) is 0 Å². The summed E-state index contributed by atoms with van der Waals surface area (Å²) < 4.78 is 15.4. The van der Waals surface area contributed by atoms with Gasteiger partial charge < -0.3 is 13.9 Å². The average molecular weight is 412 g/mol. The molecule has 2 aromatic heterocycles. The normalized spacial score (nSPS) is 11.6. The van der Waals surface area contributed by atoms with Gasteiger partial charge in [-0.25, -0.2) is 14.6 Å². The lowest BCUT2D eigenvalue weighted by Gasteiger charge is -2.09. The SMILES string of the molecule is Cc1csc([C@@H](C#N)C(=O)COC(=O)COc2ccc3c(C)cc(=O)oc3c2)n1. The number of Topliss-reactive ketones (excluding diaryl/α,β-unsaturated/α-hetero) is 1. The molecule has 0 aliphatic heterocycles. The number of nitriles is 1. The molecule has 1 aromatic carbocycles. The Hall–Kier alpha value is -3.51. The minimum absolute atomic E-state index is 0.308. The minimum Gasteiger partial charge on any atom is -0.482 e. The summed E-state index contributed by atoms with van der Waals surface area (Å²) in [5.41, 5.74) is 1.34. The third-order valence-electron chi connectivity index (χ3n) is 3.99. The summed E-state index contributed by atoms with van der Waals surface area (Å²) in [6, 6.07) is 8.11. The molecule has 3 rings (SSSR count). The van der Waals surface area contributed by atoms with E-state index in [0.717, 1.165) is 10.9 Å². The van der Waals surface area contributed by atoms with E-state index in [1.165, 1.54) is 23.5 Å². The first-order valence-electron chi connectivity index (χ1n) is 8.54. The van der Waals surface area contributed by atoms with Crippen LogP contribution in [0.15, 0.2) is 38.9 Å². The van der Waals surface area contributed by atoms with Gasteiger partial charge in [0, 0.05) is 28.6 Å². The summed E-state index contributed by atoms with van der Waals surface area (Å²) in [5.74, 6) is -2.09. The molecule has 29 heavy (non-hydrogen) atoms. The van der Waals surface area contributed by atoms with E-state index >= 15 is 0 Å². The summed E-state index contributed by atoms with van der Waals surface area (Å²) in [4.78, 5) is 39.6. The van der Waals surface area contributed by atoms with Crippen molar-refractivity contribution in [3.8, 4) is 11.8 Å². The quantitative estimate of drug-likeness (QED) is 0.429. The summed E-state index contributed by atoms with van der Waals surface area (Å²) in [7, 11) is 0. The smallest absolute Gasteiger partial charge is 0.344 e. The summed E-state index contributed by atoms with van der Waals surface area (Å²) in [5, 5.41) is 12.1. The molecule has 0 aliphatic carbocycles. The fraction of sp³-hybridized carbons (Fsp3) is 0.250. The Morgan fingerprint density at radius 2 is 2.07 bits per heavy atom. The largest absolute Gasteiger partial charge is 0.482 e. The van der Waals surface area contributed by atoms with E-state index in [9.17, 15) is 19.6 Å². The van der Waals surface area contributed by atoms with E-state index in [1.807, 2.05) is 6.07 Å². The number of esters is 1. The highest BCUT2D eigenvalue weighted by atomic mass is 32.1. The second-order valence-electron chi connectivity index (χ2n) is 6.21. The van der Waals surface area contributed by atoms with Gasteiger partial charge in [-0.05, 0) is 31.5 Å². The van der Waals surface area contributed by atoms with Crippen LogP contribution in [0.4, 0.5) is 0 Å². The maximum atomic E-state index is 12.2. The van der Waals surface area contributed by atoms with Crippen molar-refractivity contribution in [1.82, 2.24) is 4.98 Å². The number of rotatable bonds is 7. The van der Waals surface area contributed by atoms with Gasteiger partial charge in [0.1, 0.15) is 16.3 Å². The molecule has 0 unspecified atom stereocenters. The fourth-order valence-corrected chi connectivity index (χ4v) is 3.44. The molecule has 0 saturated heterocycles. The molecular weight excluding hydrogens is 396 g/mol. The van der Waals surface area contributed by atoms with Crippen LogP contribution in [-0.4, -0.2) is 30.0 Å². The molecule has 8 nitrogen and oxygen atoms in total. The standard InChI is InChI=1S/C20H16N2O6S/c1-11-5-18(24)28-17-6-13(3-4-14(11)17)26-9-19(25)27-8-16(23)15(7-21)20-22-12(2)10-29-20/h3-6,10,15H,8-9H2,1-2H3/t15-/m0/s1. The lowest BCUT2D eigenvalue weighted by molar-refractivity contribution is -0.150. The molecule has 0 bridgehead atoms. The van der Waals surface area contributed by atoms with Crippen molar-refractivity contribution in [3.63, 3.8) is 0 Å². The third-order valence-corrected chi connectivity index (χ3v) is 5.02. The van der Waals surface area contributed by atoms with Gasteiger partial charge in [0.15, 0.2) is 24.9 Å². The van der Waals surface area contributed by atoms with Crippen LogP contribution in [-0.2, 0) is 14.3 Å². The number of thiazole rings is 1. The van der Waals surface area contributed by atoms with Crippen LogP contribution < -0.4 is 10.4 Å². The molecule has 0 amide bonds. The molecule has 3 aromatic rings. The number of aromatic nitrogens is 1. The highest BCUT2D eigenvalue weighted by Crippen LogP contribution is 2.23. The summed E-state index contributed by atoms with van der Waals surface area (Å²) >= 11 is 1.20. The highest BCUT2D eigenvalue weighted by Gasteiger charge is 2.24. The molecule has 2 heterocycles. The Labute approximate surface area is 169 Å². The number of hydrogen-bond acceptors (Lipinski definition) is 9. The zero-order chi connectivity index (χ0) is 21.0. The minimum atomic E-state index is -1.07. The van der Waals surface area contributed by atoms with Gasteiger partial charge in [-0.1, -0.05) is 0 Å². The molecule has 0 saturated carbocycles. The number of fused-ring (bicyclic) bond motifs is 1. The van der Waals surface area contributed by atoms with Crippen molar-refractivity contribution in [3.05, 3.63) is 56.3 Å². The van der Waals surface area contributed by atoms with Crippen molar-refractivity contribution in [2.75, 3.05) is 13.2 Å². The Bertz CT molecular complexity index is 1170. The van der Waals surface area contributed by atoms with Crippen molar-refractivity contribution in [2.45, 2.75) is 19.8 Å². The number of carbonyl (C=O) groups excluding carboxylic acids is 2. The van der Waals surface area contributed by atoms with Crippen LogP contribution in [0.1, 0.15) is 22.2 Å². The van der Waals surface area contributed by atoms with Crippen LogP contribution in [0.25, 0.3) is 11.0 Å². The molecule has 0 aliphatic rings. The zero-order valence-corrected chi connectivity index (χ0v) is 16.4. The van der Waals surface area contributed by atoms with Gasteiger partial charge in [0.25, 0.3) is 0 Å². The first kappa shape index (κ1) is 20.2. The lowest BCUT2D eigenvalue weighted by Crippen LogP contribution is -2.22. The van der Waals surface area contributed by atoms with E-state index in [-0.39, 0.29) is 0 Å². The fourth-order valence-electron chi connectivity index (χ4n) is 2.58. The highest BCUT2D eigenvalue weighted by molar-refractivity contribution is 7.09. The summed E-state index contributed by atoms with van der Waals surface area (Å²) in [6.07, 6.45) is 0. The van der Waals surface area contributed by atoms with Crippen LogP contribution in [0.3, 0.4) is 0 Å². The predicted octanol–water partition coefficient (Wildman–Crippen LogP) is 2.66. The first-order chi connectivity index (χ1) is 13.9. The van der Waals surface area contributed by atoms with Crippen LogP contribution >= 0.6 is 11.3 Å². The number of hydrogen-bond donors (Lipinski definition) is 0. The average Bonchev–Trinajstić information content (AvgIpc) is 3.10. The van der Waals surface area contributed by atoms with Crippen LogP contribution in [0.5, 0.6) is 5.75 Å². The number of aryl methyl sites for hydroxylation is 2. The third kappa shape index (κ3) is 4.86. The number of carbonyl (C=O) groups is 2. The van der Waals surface area contributed by atoms with Crippen molar-refractivity contribution in [2.24, 2.45) is 0 Å². The van der Waals surface area contributed by atoms with E-state index in [0.29, 0.717) is 22.0 Å². The maximum absolute atomic E-state index is 12.2. The van der Waals surface area contributed by atoms with Crippen molar-refractivity contribution in [1.29, 1.82) is 5.26 Å². The number of benzene rings is 1. The van der Waals surface area contributed by atoms with E-state index < -0.39 is 36.5 Å². The van der Waals surface area contributed by atoms with Gasteiger partial charge >= 0.3 is 11.6 Å². The topological polar surface area (TPSA) is 119 Å². The second kappa shape index (κ2) is 8.67. The van der Waals surface area contributed by atoms with E-state index in [1.54, 1.807) is 31.4 Å². The van der Waals surface area contributed by atoms with E-state index in [2.05, 4.69) is 4.98 Å². The number of ether oxygens (including phenoxy) is 2. The van der Waals surface area contributed by atoms with Gasteiger partial charge in [0.05, 0.1) is 6.07 Å². The number of nitrogens with zero attached hydrogens (tertiary/aromatic N) is 2. The molecule has 9 heteroatoms. The molecule has 148 valence electrons. The van der Waals surface area contributed by atoms with Crippen molar-refractivity contribution >= 4 is 34.1 Å². The zero-order valence-electron chi connectivity index (χ0n) is 15.6. The molecule has 1 atom stereocenters. The molecule has 0 radical (unpaired) electrons. The molecule has 0 spiro atoms. The van der Waals surface area contributed by atoms with Crippen LogP contribution in [0.2, 0.25) is 0 Å². The van der Waals surface area contributed by atoms with Gasteiger partial charge in [-0.3, -0.25) is 4.79 Å². The predicted molar refractivity (Wildman–Crippen MR) is 104 cm³/mol. The Kier molecular flexibility index (Phi) is 6.04. The Balaban J connectivity index is 1.56. The van der Waals surface area contributed by atoms with Gasteiger partial charge in [-0.15, -0.1) is 11.3 Å². The van der Waals surface area contributed by atoms with Gasteiger partial charge in [-0.2, -0.15) is 5.26 Å². The lowest BCUT2D eigenvalue weighted by atomic mass is 10.1. The molecule has 0 N–H and O–H groups in total. The Morgan fingerprint density at radius 1 is 1.28 bits per heavy atom. The summed E-state index contributed by atoms with van der Waals surface area (Å²) in [6.45, 7) is 2.55. The number of ketones is 1. The Morgan fingerprint density at radius 3 is 2.76 bits per heavy atom. The molecular formula is C20H16N2O6S.